The largest absolute Gasteiger partial charge is 0.459 e. The maximum absolute atomic E-state index is 13.4. The molecular weight excluding hydrogens is 446 g/mol. The van der Waals surface area contributed by atoms with Crippen LogP contribution >= 0.6 is 12.2 Å². The van der Waals surface area contributed by atoms with Crippen LogP contribution in [0.15, 0.2) is 35.5 Å². The minimum atomic E-state index is -0.400. The van der Waals surface area contributed by atoms with Crippen LogP contribution in [-0.2, 0) is 14.3 Å². The molecule has 4 saturated carbocycles. The van der Waals surface area contributed by atoms with E-state index < -0.39 is 6.04 Å². The highest BCUT2D eigenvalue weighted by Crippen LogP contribution is 2.60. The molecule has 4 fully saturated rings. The Hall–Kier alpha value is -2.41. The van der Waals surface area contributed by atoms with Gasteiger partial charge in [-0.1, -0.05) is 12.1 Å². The van der Waals surface area contributed by atoms with Gasteiger partial charge in [0, 0.05) is 18.4 Å². The Labute approximate surface area is 207 Å². The molecule has 1 aromatic rings. The topological polar surface area (TPSA) is 70.7 Å². The van der Waals surface area contributed by atoms with Gasteiger partial charge in [0.2, 0.25) is 5.91 Å². The summed E-state index contributed by atoms with van der Waals surface area (Å²) in [5, 5.41) is 7.05. The highest BCUT2D eigenvalue weighted by atomic mass is 32.1. The standard InChI is InChI=1S/C27H35N3O3S/c1-15(2)33-24(31)22-16(3)30(4)26(34)29-23(22)20-5-7-21(8-6-20)28-25(32)27-12-17-9-18(13-27)11-19(10-17)14-27/h5-8,15,17-19,23H,9-14H2,1-4H3,(H,28,32)(H,29,34). The number of benzene rings is 1. The molecule has 1 amide bonds. The van der Waals surface area contributed by atoms with Crippen LogP contribution in [-0.4, -0.2) is 35.0 Å². The zero-order valence-corrected chi connectivity index (χ0v) is 21.3. The van der Waals surface area contributed by atoms with Gasteiger partial charge in [-0.15, -0.1) is 0 Å². The van der Waals surface area contributed by atoms with Crippen molar-refractivity contribution >= 4 is 34.9 Å². The van der Waals surface area contributed by atoms with Gasteiger partial charge in [-0.3, -0.25) is 4.79 Å². The number of hydrogen-bond donors (Lipinski definition) is 2. The molecule has 6 nitrogen and oxygen atoms in total. The van der Waals surface area contributed by atoms with E-state index in [0.717, 1.165) is 54.0 Å². The third kappa shape index (κ3) is 4.12. The summed E-state index contributed by atoms with van der Waals surface area (Å²) in [6.07, 6.45) is 6.89. The highest BCUT2D eigenvalue weighted by Gasteiger charge is 2.54. The molecule has 1 heterocycles. The second-order valence-electron chi connectivity index (χ2n) is 11.2. The summed E-state index contributed by atoms with van der Waals surface area (Å²) in [6.45, 7) is 5.57. The number of allylic oxidation sites excluding steroid dienone is 1. The van der Waals surface area contributed by atoms with Crippen LogP contribution in [0.3, 0.4) is 0 Å². The second kappa shape index (κ2) is 8.67. The van der Waals surface area contributed by atoms with E-state index in [9.17, 15) is 9.59 Å². The van der Waals surface area contributed by atoms with Crippen LogP contribution in [0.1, 0.15) is 70.9 Å². The van der Waals surface area contributed by atoms with E-state index in [1.807, 2.05) is 52.1 Å². The van der Waals surface area contributed by atoms with Crippen LogP contribution in [0, 0.1) is 23.2 Å². The number of rotatable bonds is 5. The Morgan fingerprint density at radius 2 is 1.65 bits per heavy atom. The van der Waals surface area contributed by atoms with E-state index in [4.69, 9.17) is 17.0 Å². The predicted molar refractivity (Wildman–Crippen MR) is 136 cm³/mol. The lowest BCUT2D eigenvalue weighted by Crippen LogP contribution is -2.51. The first-order chi connectivity index (χ1) is 16.1. The molecule has 34 heavy (non-hydrogen) atoms. The third-order valence-electron chi connectivity index (χ3n) is 8.34. The van der Waals surface area contributed by atoms with Gasteiger partial charge in [0.1, 0.15) is 0 Å². The average molecular weight is 482 g/mol. The molecule has 0 spiro atoms. The molecule has 1 atom stereocenters. The zero-order chi connectivity index (χ0) is 24.2. The maximum atomic E-state index is 13.4. The third-order valence-corrected chi connectivity index (χ3v) is 8.73. The number of nitrogens with zero attached hydrogens (tertiary/aromatic N) is 1. The molecule has 0 aromatic heterocycles. The number of esters is 1. The van der Waals surface area contributed by atoms with Gasteiger partial charge in [-0.2, -0.15) is 0 Å². The van der Waals surface area contributed by atoms with Crippen LogP contribution in [0.25, 0.3) is 0 Å². The number of anilines is 1. The Balaban J connectivity index is 1.34. The fourth-order valence-electron chi connectivity index (χ4n) is 7.04. The Morgan fingerprint density at radius 3 is 2.18 bits per heavy atom. The van der Waals surface area contributed by atoms with Gasteiger partial charge in [0.15, 0.2) is 5.11 Å². The van der Waals surface area contributed by atoms with E-state index in [1.165, 1.54) is 19.3 Å². The van der Waals surface area contributed by atoms with E-state index >= 15 is 0 Å². The van der Waals surface area contributed by atoms with Crippen LogP contribution in [0.4, 0.5) is 5.69 Å². The lowest BCUT2D eigenvalue weighted by atomic mass is 9.49. The molecular formula is C27H35N3O3S. The highest BCUT2D eigenvalue weighted by molar-refractivity contribution is 7.80. The van der Waals surface area contributed by atoms with Crippen LogP contribution in [0.2, 0.25) is 0 Å². The summed E-state index contributed by atoms with van der Waals surface area (Å²) in [4.78, 5) is 28.1. The van der Waals surface area contributed by atoms with E-state index in [2.05, 4.69) is 10.6 Å². The summed E-state index contributed by atoms with van der Waals surface area (Å²) >= 11 is 5.49. The minimum Gasteiger partial charge on any atom is -0.459 e. The number of amides is 1. The second-order valence-corrected chi connectivity index (χ2v) is 11.6. The molecule has 0 saturated heterocycles. The molecule has 1 unspecified atom stereocenters. The molecule has 0 radical (unpaired) electrons. The Morgan fingerprint density at radius 1 is 1.09 bits per heavy atom. The normalized spacial score (nSPS) is 32.1. The maximum Gasteiger partial charge on any atom is 0.338 e. The van der Waals surface area contributed by atoms with Crippen molar-refractivity contribution in [1.82, 2.24) is 10.2 Å². The summed E-state index contributed by atoms with van der Waals surface area (Å²) in [5.74, 6) is 2.04. The fraction of sp³-hybridized carbons (Fsp3) is 0.593. The van der Waals surface area contributed by atoms with E-state index in [-0.39, 0.29) is 23.4 Å². The molecule has 182 valence electrons. The van der Waals surface area contributed by atoms with Crippen molar-refractivity contribution in [2.24, 2.45) is 23.2 Å². The number of carbonyl (C=O) groups excluding carboxylic acids is 2. The number of carbonyl (C=O) groups is 2. The van der Waals surface area contributed by atoms with Crippen molar-refractivity contribution in [3.05, 3.63) is 41.1 Å². The van der Waals surface area contributed by atoms with E-state index in [0.29, 0.717) is 10.7 Å². The van der Waals surface area contributed by atoms with Crippen molar-refractivity contribution in [3.8, 4) is 0 Å². The lowest BCUT2D eigenvalue weighted by molar-refractivity contribution is -0.143. The summed E-state index contributed by atoms with van der Waals surface area (Å²) in [7, 11) is 1.84. The molecule has 4 aliphatic carbocycles. The van der Waals surface area contributed by atoms with Gasteiger partial charge in [-0.05, 0) is 107 Å². The molecule has 4 bridgehead atoms. The van der Waals surface area contributed by atoms with Gasteiger partial charge in [0.25, 0.3) is 0 Å². The van der Waals surface area contributed by atoms with Crippen molar-refractivity contribution in [2.75, 3.05) is 12.4 Å². The zero-order valence-electron chi connectivity index (χ0n) is 20.5. The quantitative estimate of drug-likeness (QED) is 0.459. The van der Waals surface area contributed by atoms with Gasteiger partial charge in [-0.25, -0.2) is 4.79 Å². The molecule has 6 rings (SSSR count). The molecule has 1 aliphatic heterocycles. The number of ether oxygens (including phenoxy) is 1. The first kappa shape index (κ1) is 23.3. The van der Waals surface area contributed by atoms with Gasteiger partial charge < -0.3 is 20.3 Å². The summed E-state index contributed by atoms with van der Waals surface area (Å²) in [6, 6.07) is 7.37. The van der Waals surface area contributed by atoms with Crippen molar-refractivity contribution in [2.45, 2.75) is 71.4 Å². The first-order valence-corrected chi connectivity index (χ1v) is 12.9. The predicted octanol–water partition coefficient (Wildman–Crippen LogP) is 4.93. The minimum absolute atomic E-state index is 0.178. The number of nitrogens with one attached hydrogen (secondary N) is 2. The smallest absolute Gasteiger partial charge is 0.338 e. The number of thiocarbonyl (C=S) groups is 1. The van der Waals surface area contributed by atoms with Gasteiger partial charge >= 0.3 is 5.97 Å². The fourth-order valence-corrected chi connectivity index (χ4v) is 7.29. The Bertz CT molecular complexity index is 1010. The molecule has 1 aromatic carbocycles. The van der Waals surface area contributed by atoms with Crippen molar-refractivity contribution in [3.63, 3.8) is 0 Å². The molecule has 5 aliphatic rings. The number of hydrogen-bond acceptors (Lipinski definition) is 4. The van der Waals surface area contributed by atoms with Gasteiger partial charge in [0.05, 0.1) is 23.1 Å². The van der Waals surface area contributed by atoms with Crippen molar-refractivity contribution in [1.29, 1.82) is 0 Å². The van der Waals surface area contributed by atoms with Crippen LogP contribution < -0.4 is 10.6 Å². The first-order valence-electron chi connectivity index (χ1n) is 12.5. The Kier molecular flexibility index (Phi) is 5.95. The van der Waals surface area contributed by atoms with Crippen LogP contribution in [0.5, 0.6) is 0 Å². The summed E-state index contributed by atoms with van der Waals surface area (Å²) < 4.78 is 5.52. The van der Waals surface area contributed by atoms with Crippen molar-refractivity contribution < 1.29 is 14.3 Å². The molecule has 7 heteroatoms. The van der Waals surface area contributed by atoms with E-state index in [1.54, 1.807) is 4.90 Å². The average Bonchev–Trinajstić information content (AvgIpc) is 2.76. The monoisotopic (exact) mass is 481 g/mol. The molecule has 2 N–H and O–H groups in total. The SMILES string of the molecule is CC1=C(C(=O)OC(C)C)C(c2ccc(NC(=O)C34CC5CC(CC(C5)C3)C4)cc2)NC(=S)N1C. The lowest BCUT2D eigenvalue weighted by Gasteiger charge is -2.55. The summed E-state index contributed by atoms with van der Waals surface area (Å²) in [5.41, 5.74) is 2.85.